The maximum absolute atomic E-state index is 12.7. The number of alkyl halides is 3. The predicted molar refractivity (Wildman–Crippen MR) is 118 cm³/mol. The molecule has 1 saturated heterocycles. The Labute approximate surface area is 200 Å². The van der Waals surface area contributed by atoms with Gasteiger partial charge in [0.05, 0.1) is 18.1 Å². The van der Waals surface area contributed by atoms with E-state index in [-0.39, 0.29) is 24.2 Å². The second-order valence-corrected chi connectivity index (χ2v) is 9.69. The fourth-order valence-corrected chi connectivity index (χ4v) is 3.26. The van der Waals surface area contributed by atoms with Gasteiger partial charge < -0.3 is 23.7 Å². The van der Waals surface area contributed by atoms with Crippen molar-refractivity contribution in [2.24, 2.45) is 5.92 Å². The molecule has 0 aromatic heterocycles. The van der Waals surface area contributed by atoms with E-state index in [1.165, 1.54) is 6.92 Å². The van der Waals surface area contributed by atoms with E-state index in [1.54, 1.807) is 44.2 Å². The molecule has 2 rings (SSSR count). The minimum atomic E-state index is -2.15. The average Bonchev–Trinajstić information content (AvgIpc) is 2.72. The van der Waals surface area contributed by atoms with E-state index in [1.807, 2.05) is 0 Å². The summed E-state index contributed by atoms with van der Waals surface area (Å²) in [5.41, 5.74) is 0.281. The number of rotatable bonds is 7. The van der Waals surface area contributed by atoms with Crippen LogP contribution in [0.5, 0.6) is 0 Å². The molecule has 176 valence electrons. The van der Waals surface area contributed by atoms with Crippen LogP contribution in [0.3, 0.4) is 0 Å². The monoisotopic (exact) mass is 507 g/mol. The lowest BCUT2D eigenvalue weighted by Crippen LogP contribution is -2.56. The number of ether oxygens (including phenoxy) is 4. The van der Waals surface area contributed by atoms with Gasteiger partial charge in [-0.05, 0) is 26.0 Å². The molecule has 2 unspecified atom stereocenters. The molecule has 5 atom stereocenters. The first kappa shape index (κ1) is 26.4. The van der Waals surface area contributed by atoms with Crippen LogP contribution in [0.4, 0.5) is 0 Å². The summed E-state index contributed by atoms with van der Waals surface area (Å²) in [6.45, 7) is 4.69. The topological polar surface area (TPSA) is 112 Å². The quantitative estimate of drug-likeness (QED) is 0.254. The first-order valence-electron chi connectivity index (χ1n) is 9.83. The van der Waals surface area contributed by atoms with Gasteiger partial charge in [0.1, 0.15) is 11.9 Å². The lowest BCUT2D eigenvalue weighted by molar-refractivity contribution is -0.260. The van der Waals surface area contributed by atoms with Crippen LogP contribution < -0.4 is 0 Å². The van der Waals surface area contributed by atoms with Crippen molar-refractivity contribution in [3.8, 4) is 0 Å². The molecule has 0 saturated carbocycles. The van der Waals surface area contributed by atoms with Gasteiger partial charge in [0.25, 0.3) is 3.79 Å². The van der Waals surface area contributed by atoms with Crippen molar-refractivity contribution in [1.29, 1.82) is 5.41 Å². The first-order valence-corrected chi connectivity index (χ1v) is 11.0. The van der Waals surface area contributed by atoms with Crippen molar-refractivity contribution in [2.75, 3.05) is 0 Å². The summed E-state index contributed by atoms with van der Waals surface area (Å²) in [4.78, 5) is 36.0. The molecule has 1 aliphatic rings. The molecule has 0 aliphatic carbocycles. The Bertz CT molecular complexity index is 844. The van der Waals surface area contributed by atoms with Crippen molar-refractivity contribution in [3.05, 3.63) is 35.9 Å². The molecule has 1 heterocycles. The van der Waals surface area contributed by atoms with Crippen LogP contribution in [-0.2, 0) is 28.5 Å². The molecule has 0 radical (unpaired) electrons. The van der Waals surface area contributed by atoms with Crippen molar-refractivity contribution < 1.29 is 33.3 Å². The van der Waals surface area contributed by atoms with Crippen LogP contribution in [0.1, 0.15) is 44.0 Å². The van der Waals surface area contributed by atoms with Crippen LogP contribution in [0.15, 0.2) is 30.3 Å². The van der Waals surface area contributed by atoms with Gasteiger partial charge in [-0.2, -0.15) is 0 Å². The second kappa shape index (κ2) is 11.3. The largest absolute Gasteiger partial charge is 0.459 e. The third-order valence-electron chi connectivity index (χ3n) is 4.81. The molecule has 1 aromatic carbocycles. The van der Waals surface area contributed by atoms with Crippen molar-refractivity contribution in [3.63, 3.8) is 0 Å². The number of nitrogens with one attached hydrogen (secondary N) is 1. The van der Waals surface area contributed by atoms with Gasteiger partial charge in [-0.15, -0.1) is 0 Å². The van der Waals surface area contributed by atoms with E-state index in [0.717, 1.165) is 0 Å². The number of benzene rings is 1. The van der Waals surface area contributed by atoms with Gasteiger partial charge in [-0.1, -0.05) is 59.9 Å². The van der Waals surface area contributed by atoms with E-state index in [0.29, 0.717) is 0 Å². The fraction of sp³-hybridized carbons (Fsp3) is 0.524. The molecule has 1 fully saturated rings. The summed E-state index contributed by atoms with van der Waals surface area (Å²) < 4.78 is 20.1. The molecular formula is C21H24Cl3NO7. The molecule has 32 heavy (non-hydrogen) atoms. The zero-order valence-electron chi connectivity index (χ0n) is 17.7. The molecule has 11 heteroatoms. The summed E-state index contributed by atoms with van der Waals surface area (Å²) in [7, 11) is 0. The van der Waals surface area contributed by atoms with E-state index in [9.17, 15) is 14.4 Å². The molecule has 8 nitrogen and oxygen atoms in total. The standard InChI is InChI=1S/C21H24Cl3NO7/c1-11(26)9-10-15(27)30-16-12(2)17(31-18(28)14-7-5-4-6-8-14)19(29-13(16)3)32-20(25)21(22,23)24/h4-8,12-13,16-17,19,25H,9-10H2,1-3H3/t12?,13?,16-,17-,19-/m0/s1. The van der Waals surface area contributed by atoms with Crippen LogP contribution in [0.2, 0.25) is 0 Å². The van der Waals surface area contributed by atoms with E-state index < -0.39 is 52.1 Å². The Balaban J connectivity index is 2.23. The SMILES string of the molecule is CC(=O)CCC(=O)O[C@@H]1C(C)O[C@@H](OC(=N)C(Cl)(Cl)Cl)[C@@H](OC(=O)c2ccccc2)C1C. The summed E-state index contributed by atoms with van der Waals surface area (Å²) in [5, 5.41) is 7.85. The highest BCUT2D eigenvalue weighted by Gasteiger charge is 2.49. The molecule has 1 aliphatic heterocycles. The summed E-state index contributed by atoms with van der Waals surface area (Å²) in [6, 6.07) is 8.22. The predicted octanol–water partition coefficient (Wildman–Crippen LogP) is 4.24. The first-order chi connectivity index (χ1) is 14.9. The highest BCUT2D eigenvalue weighted by Crippen LogP contribution is 2.35. The Morgan fingerprint density at radius 2 is 1.62 bits per heavy atom. The lowest BCUT2D eigenvalue weighted by Gasteiger charge is -2.43. The summed E-state index contributed by atoms with van der Waals surface area (Å²) >= 11 is 17.1. The van der Waals surface area contributed by atoms with Gasteiger partial charge in [0.15, 0.2) is 6.10 Å². The Hall–Kier alpha value is -1.87. The smallest absolute Gasteiger partial charge is 0.338 e. The summed E-state index contributed by atoms with van der Waals surface area (Å²) in [5.74, 6) is -2.73. The van der Waals surface area contributed by atoms with Gasteiger partial charge in [-0.3, -0.25) is 10.2 Å². The van der Waals surface area contributed by atoms with Crippen LogP contribution >= 0.6 is 34.8 Å². The molecule has 0 bridgehead atoms. The Kier molecular flexibility index (Phi) is 9.33. The minimum absolute atomic E-state index is 0.0493. The number of carbonyl (C=O) groups is 3. The van der Waals surface area contributed by atoms with Crippen LogP contribution in [0, 0.1) is 11.3 Å². The third-order valence-corrected chi connectivity index (χ3v) is 5.32. The molecular weight excluding hydrogens is 485 g/mol. The number of carbonyl (C=O) groups excluding carboxylic acids is 3. The number of halogens is 3. The minimum Gasteiger partial charge on any atom is -0.459 e. The zero-order valence-corrected chi connectivity index (χ0v) is 19.9. The molecule has 1 aromatic rings. The number of ketones is 1. The van der Waals surface area contributed by atoms with Gasteiger partial charge >= 0.3 is 11.9 Å². The van der Waals surface area contributed by atoms with Crippen LogP contribution in [-0.4, -0.2) is 52.0 Å². The lowest BCUT2D eigenvalue weighted by atomic mass is 9.90. The maximum Gasteiger partial charge on any atom is 0.338 e. The highest BCUT2D eigenvalue weighted by atomic mass is 35.6. The van der Waals surface area contributed by atoms with Gasteiger partial charge in [0, 0.05) is 12.3 Å². The Morgan fingerprint density at radius 3 is 2.19 bits per heavy atom. The van der Waals surface area contributed by atoms with E-state index in [2.05, 4.69) is 0 Å². The zero-order chi connectivity index (χ0) is 24.1. The van der Waals surface area contributed by atoms with Crippen molar-refractivity contribution in [2.45, 2.75) is 62.0 Å². The summed E-state index contributed by atoms with van der Waals surface area (Å²) in [6.07, 6.45) is -3.94. The third kappa shape index (κ3) is 7.33. The molecule has 0 amide bonds. The van der Waals surface area contributed by atoms with E-state index >= 15 is 0 Å². The molecule has 1 N–H and O–H groups in total. The number of esters is 2. The highest BCUT2D eigenvalue weighted by molar-refractivity contribution is 6.76. The Morgan fingerprint density at radius 1 is 1.00 bits per heavy atom. The number of hydrogen-bond donors (Lipinski definition) is 1. The van der Waals surface area contributed by atoms with Gasteiger partial charge in [-0.25, -0.2) is 4.79 Å². The van der Waals surface area contributed by atoms with Crippen LogP contribution in [0.25, 0.3) is 0 Å². The molecule has 0 spiro atoms. The number of hydrogen-bond acceptors (Lipinski definition) is 8. The maximum atomic E-state index is 12.7. The number of Topliss-reactive ketones (excluding diaryl/α,β-unsaturated/α-hetero) is 1. The van der Waals surface area contributed by atoms with Crippen molar-refractivity contribution >= 4 is 58.4 Å². The van der Waals surface area contributed by atoms with Gasteiger partial charge in [0.2, 0.25) is 12.2 Å². The van der Waals surface area contributed by atoms with Crippen molar-refractivity contribution in [1.82, 2.24) is 0 Å². The second-order valence-electron chi connectivity index (χ2n) is 7.41. The fourth-order valence-electron chi connectivity index (χ4n) is 3.13. The average molecular weight is 509 g/mol. The normalized spacial score (nSPS) is 25.5. The van der Waals surface area contributed by atoms with E-state index in [4.69, 9.17) is 59.2 Å².